The molecule has 0 radical (unpaired) electrons. The third-order valence-electron chi connectivity index (χ3n) is 4.32. The maximum absolute atomic E-state index is 13.0. The largest absolute Gasteiger partial charge is 0.480 e. The van der Waals surface area contributed by atoms with Gasteiger partial charge in [0.1, 0.15) is 17.9 Å². The molecule has 2 amide bonds. The fourth-order valence-electron chi connectivity index (χ4n) is 2.72. The summed E-state index contributed by atoms with van der Waals surface area (Å²) in [6, 6.07) is 9.57. The average Bonchev–Trinajstić information content (AvgIpc) is 2.66. The SMILES string of the molecule is CC(C)[C@@H](NC(=O)c1ccccc1Cl)C(=O)N[C@@H](Cc1ccc(F)cc1)C(=O)O. The van der Waals surface area contributed by atoms with Crippen LogP contribution in [0.4, 0.5) is 4.39 Å². The summed E-state index contributed by atoms with van der Waals surface area (Å²) >= 11 is 6.02. The van der Waals surface area contributed by atoms with E-state index in [1.165, 1.54) is 30.3 Å². The van der Waals surface area contributed by atoms with Gasteiger partial charge in [-0.05, 0) is 35.7 Å². The summed E-state index contributed by atoms with van der Waals surface area (Å²) in [6.45, 7) is 3.46. The van der Waals surface area contributed by atoms with E-state index in [4.69, 9.17) is 11.6 Å². The highest BCUT2D eigenvalue weighted by molar-refractivity contribution is 6.33. The number of carbonyl (C=O) groups excluding carboxylic acids is 2. The highest BCUT2D eigenvalue weighted by Crippen LogP contribution is 2.16. The lowest BCUT2D eigenvalue weighted by Gasteiger charge is -2.24. The number of amides is 2. The van der Waals surface area contributed by atoms with Crippen LogP contribution in [0.5, 0.6) is 0 Å². The van der Waals surface area contributed by atoms with Crippen molar-refractivity contribution < 1.29 is 23.9 Å². The molecule has 0 aliphatic rings. The van der Waals surface area contributed by atoms with Gasteiger partial charge in [-0.25, -0.2) is 9.18 Å². The third kappa shape index (κ3) is 6.29. The first-order chi connectivity index (χ1) is 13.7. The molecule has 29 heavy (non-hydrogen) atoms. The molecule has 2 aromatic carbocycles. The summed E-state index contributed by atoms with van der Waals surface area (Å²) < 4.78 is 13.0. The van der Waals surface area contributed by atoms with Gasteiger partial charge in [0.2, 0.25) is 5.91 Å². The Morgan fingerprint density at radius 2 is 1.66 bits per heavy atom. The minimum Gasteiger partial charge on any atom is -0.480 e. The van der Waals surface area contributed by atoms with E-state index in [-0.39, 0.29) is 22.9 Å². The Bertz CT molecular complexity index is 887. The summed E-state index contributed by atoms with van der Waals surface area (Å²) in [6.07, 6.45) is -0.0232. The lowest BCUT2D eigenvalue weighted by atomic mass is 10.0. The standard InChI is InChI=1S/C21H22ClFN2O4/c1-12(2)18(25-19(26)15-5-3-4-6-16(15)22)20(27)24-17(21(28)29)11-13-7-9-14(23)10-8-13/h3-10,12,17-18H,11H2,1-2H3,(H,24,27)(H,25,26)(H,28,29)/t17-,18+/m0/s1. The quantitative estimate of drug-likeness (QED) is 0.611. The van der Waals surface area contributed by atoms with Crippen LogP contribution in [0.15, 0.2) is 48.5 Å². The lowest BCUT2D eigenvalue weighted by molar-refractivity contribution is -0.142. The van der Waals surface area contributed by atoms with Gasteiger partial charge in [0.15, 0.2) is 0 Å². The molecule has 0 aromatic heterocycles. The molecule has 6 nitrogen and oxygen atoms in total. The van der Waals surface area contributed by atoms with Gasteiger partial charge in [0.05, 0.1) is 10.6 Å². The number of halogens is 2. The minimum absolute atomic E-state index is 0.0232. The summed E-state index contributed by atoms with van der Waals surface area (Å²) in [7, 11) is 0. The van der Waals surface area contributed by atoms with Crippen LogP contribution in [0.1, 0.15) is 29.8 Å². The van der Waals surface area contributed by atoms with Crippen LogP contribution in [0.3, 0.4) is 0 Å². The molecule has 3 N–H and O–H groups in total. The summed E-state index contributed by atoms with van der Waals surface area (Å²) in [4.78, 5) is 36.8. The van der Waals surface area contributed by atoms with E-state index in [1.54, 1.807) is 32.0 Å². The smallest absolute Gasteiger partial charge is 0.326 e. The number of hydrogen-bond acceptors (Lipinski definition) is 3. The Morgan fingerprint density at radius 3 is 2.21 bits per heavy atom. The number of rotatable bonds is 8. The second-order valence-electron chi connectivity index (χ2n) is 6.90. The second-order valence-corrected chi connectivity index (χ2v) is 7.31. The van der Waals surface area contributed by atoms with Gasteiger partial charge in [-0.2, -0.15) is 0 Å². The Morgan fingerprint density at radius 1 is 1.03 bits per heavy atom. The summed E-state index contributed by atoms with van der Waals surface area (Å²) in [5.41, 5.74) is 0.772. The predicted molar refractivity (Wildman–Crippen MR) is 107 cm³/mol. The maximum atomic E-state index is 13.0. The van der Waals surface area contributed by atoms with E-state index < -0.39 is 35.7 Å². The first kappa shape index (κ1) is 22.4. The molecule has 0 heterocycles. The fourth-order valence-corrected chi connectivity index (χ4v) is 2.94. The van der Waals surface area contributed by atoms with Gasteiger partial charge in [0.25, 0.3) is 5.91 Å². The van der Waals surface area contributed by atoms with Crippen LogP contribution < -0.4 is 10.6 Å². The van der Waals surface area contributed by atoms with Crippen molar-refractivity contribution in [2.45, 2.75) is 32.4 Å². The molecular weight excluding hydrogens is 399 g/mol. The number of nitrogens with one attached hydrogen (secondary N) is 2. The number of benzene rings is 2. The van der Waals surface area contributed by atoms with Crippen molar-refractivity contribution in [1.82, 2.24) is 10.6 Å². The summed E-state index contributed by atoms with van der Waals surface area (Å²) in [5, 5.41) is 14.8. The highest BCUT2D eigenvalue weighted by atomic mass is 35.5. The monoisotopic (exact) mass is 420 g/mol. The Labute approximate surface area is 173 Å². The van der Waals surface area contributed by atoms with Crippen molar-refractivity contribution in [3.63, 3.8) is 0 Å². The molecule has 0 bridgehead atoms. The third-order valence-corrected chi connectivity index (χ3v) is 4.65. The van der Waals surface area contributed by atoms with E-state index in [0.717, 1.165) is 0 Å². The molecular formula is C21H22ClFN2O4. The van der Waals surface area contributed by atoms with Crippen molar-refractivity contribution >= 4 is 29.4 Å². The molecule has 0 fully saturated rings. The van der Waals surface area contributed by atoms with Crippen LogP contribution >= 0.6 is 11.6 Å². The molecule has 8 heteroatoms. The zero-order chi connectivity index (χ0) is 21.6. The van der Waals surface area contributed by atoms with Crippen LogP contribution in [-0.2, 0) is 16.0 Å². The highest BCUT2D eigenvalue weighted by Gasteiger charge is 2.29. The molecule has 154 valence electrons. The molecule has 0 saturated heterocycles. The first-order valence-corrected chi connectivity index (χ1v) is 9.40. The van der Waals surface area contributed by atoms with Gasteiger partial charge in [-0.1, -0.05) is 49.7 Å². The molecule has 0 aliphatic carbocycles. The van der Waals surface area contributed by atoms with Gasteiger partial charge in [-0.3, -0.25) is 9.59 Å². The topological polar surface area (TPSA) is 95.5 Å². The Hall–Kier alpha value is -2.93. The van der Waals surface area contributed by atoms with Crippen molar-refractivity contribution in [3.8, 4) is 0 Å². The Balaban J connectivity index is 2.12. The zero-order valence-corrected chi connectivity index (χ0v) is 16.7. The fraction of sp³-hybridized carbons (Fsp3) is 0.286. The number of carbonyl (C=O) groups is 3. The van der Waals surface area contributed by atoms with Gasteiger partial charge in [-0.15, -0.1) is 0 Å². The molecule has 2 aromatic rings. The number of carboxylic acids is 1. The molecule has 0 saturated carbocycles. The maximum Gasteiger partial charge on any atom is 0.326 e. The van der Waals surface area contributed by atoms with Crippen molar-refractivity contribution in [3.05, 3.63) is 70.5 Å². The van der Waals surface area contributed by atoms with Gasteiger partial charge in [0, 0.05) is 6.42 Å². The van der Waals surface area contributed by atoms with Gasteiger partial charge >= 0.3 is 5.97 Å². The molecule has 0 spiro atoms. The van der Waals surface area contributed by atoms with Gasteiger partial charge < -0.3 is 15.7 Å². The lowest BCUT2D eigenvalue weighted by Crippen LogP contribution is -2.54. The van der Waals surface area contributed by atoms with E-state index in [2.05, 4.69) is 10.6 Å². The van der Waals surface area contributed by atoms with E-state index in [9.17, 15) is 23.9 Å². The van der Waals surface area contributed by atoms with Crippen LogP contribution in [-0.4, -0.2) is 35.0 Å². The first-order valence-electron chi connectivity index (χ1n) is 9.02. The van der Waals surface area contributed by atoms with Crippen LogP contribution in [0, 0.1) is 11.7 Å². The minimum atomic E-state index is -1.23. The molecule has 0 aliphatic heterocycles. The molecule has 0 unspecified atom stereocenters. The number of carboxylic acid groups (broad SMARTS) is 1. The summed E-state index contributed by atoms with van der Waals surface area (Å²) in [5.74, 6) is -3.14. The van der Waals surface area contributed by atoms with Crippen LogP contribution in [0.2, 0.25) is 5.02 Å². The van der Waals surface area contributed by atoms with Crippen molar-refractivity contribution in [1.29, 1.82) is 0 Å². The van der Waals surface area contributed by atoms with Crippen LogP contribution in [0.25, 0.3) is 0 Å². The number of aliphatic carboxylic acids is 1. The van der Waals surface area contributed by atoms with E-state index >= 15 is 0 Å². The Kier molecular flexibility index (Phi) is 7.73. The van der Waals surface area contributed by atoms with Crippen molar-refractivity contribution in [2.75, 3.05) is 0 Å². The normalized spacial score (nSPS) is 12.9. The van der Waals surface area contributed by atoms with E-state index in [1.807, 2.05) is 0 Å². The molecule has 2 rings (SSSR count). The molecule has 2 atom stereocenters. The van der Waals surface area contributed by atoms with Crippen molar-refractivity contribution in [2.24, 2.45) is 5.92 Å². The second kappa shape index (κ2) is 10.0. The number of hydrogen-bond donors (Lipinski definition) is 3. The van der Waals surface area contributed by atoms with E-state index in [0.29, 0.717) is 5.56 Å². The average molecular weight is 421 g/mol. The predicted octanol–water partition coefficient (Wildman–Crippen LogP) is 3.05. The zero-order valence-electron chi connectivity index (χ0n) is 16.0.